The average molecular weight is 1810 g/mol. The number of rotatable bonds is 44. The molecule has 0 fully saturated rings. The van der Waals surface area contributed by atoms with Crippen LogP contribution < -0.4 is 31.9 Å². The summed E-state index contributed by atoms with van der Waals surface area (Å²) in [6.45, 7) is 28.1. The summed E-state index contributed by atoms with van der Waals surface area (Å²) in [5.74, 6) is -1.20. The number of phosphoric ester groups is 3. The quantitative estimate of drug-likeness (QED) is 0.00816. The molecule has 477 valence electrons. The zero-order chi connectivity index (χ0) is 60.6. The summed E-state index contributed by atoms with van der Waals surface area (Å²) in [6, 6.07) is -3.38. The Hall–Kier alpha value is -0.523. The molecular weight excluding hydrogens is 1720 g/mol. The number of hydrogen-bond donors (Lipinski definition) is 8. The smallest absolute Gasteiger partial charge is 0.475 e. The van der Waals surface area contributed by atoms with E-state index in [-0.39, 0.29) is 177 Å². The van der Waals surface area contributed by atoms with Gasteiger partial charge in [0.15, 0.2) is 0 Å². The fourth-order valence-corrected chi connectivity index (χ4v) is 7.86. The van der Waals surface area contributed by atoms with Crippen molar-refractivity contribution in [1.29, 1.82) is 0 Å². The molecule has 8 N–H and O–H groups in total. The van der Waals surface area contributed by atoms with E-state index in [2.05, 4.69) is 80.8 Å². The largest absolute Gasteiger partial charge is 0.520 e. The van der Waals surface area contributed by atoms with E-state index in [1.54, 1.807) is 27.7 Å². The van der Waals surface area contributed by atoms with Gasteiger partial charge in [0, 0.05) is 157 Å². The number of esters is 1. The Morgan fingerprint density at radius 2 is 0.928 bits per heavy atom. The van der Waals surface area contributed by atoms with Crippen LogP contribution in [0.2, 0.25) is 0 Å². The second kappa shape index (κ2) is 63.1. The molecule has 7 unspecified atom stereocenters. The van der Waals surface area contributed by atoms with Gasteiger partial charge in [0.1, 0.15) is 23.7 Å². The fourth-order valence-electron chi connectivity index (χ4n) is 4.69. The van der Waals surface area contributed by atoms with Crippen molar-refractivity contribution >= 4 is 66.4 Å². The van der Waals surface area contributed by atoms with Crippen LogP contribution >= 0.6 is 23.5 Å². The summed E-state index contributed by atoms with van der Waals surface area (Å²) in [6.07, 6.45) is 17.1. The number of phosphoric acid groups is 3. The molecule has 0 aliphatic heterocycles. The van der Waals surface area contributed by atoms with Gasteiger partial charge in [-0.25, -0.2) is 13.7 Å². The second-order valence-corrected chi connectivity index (χ2v) is 22.4. The van der Waals surface area contributed by atoms with Crippen molar-refractivity contribution in [1.82, 2.24) is 31.9 Å². The van der Waals surface area contributed by atoms with E-state index in [4.69, 9.17) is 31.9 Å². The Labute approximate surface area is 575 Å². The predicted octanol–water partition coefficient (Wildman–Crippen LogP) is 3.88. The van der Waals surface area contributed by atoms with Crippen LogP contribution in [0.1, 0.15) is 100 Å². The van der Waals surface area contributed by atoms with Crippen molar-refractivity contribution in [2.24, 2.45) is 11.8 Å². The molecule has 27 nitrogen and oxygen atoms in total. The number of carbonyl (C=O) groups excluding carboxylic acids is 7. The van der Waals surface area contributed by atoms with Crippen LogP contribution in [-0.2, 0) is 144 Å². The number of carbonyl (C=O) groups is 4. The summed E-state index contributed by atoms with van der Waals surface area (Å²) in [5.41, 5.74) is -0.614. The van der Waals surface area contributed by atoms with Crippen LogP contribution in [0.25, 0.3) is 0 Å². The zero-order valence-electron chi connectivity index (χ0n) is 48.7. The van der Waals surface area contributed by atoms with Crippen LogP contribution in [0.4, 0.5) is 0 Å². The summed E-state index contributed by atoms with van der Waals surface area (Å²) >= 11 is 0. The van der Waals surface area contributed by atoms with Crippen molar-refractivity contribution in [3.63, 3.8) is 0 Å². The molecule has 7 atom stereocenters. The van der Waals surface area contributed by atoms with Gasteiger partial charge in [-0.3, -0.25) is 55.4 Å². The molecule has 0 aromatic heterocycles. The first-order chi connectivity index (χ1) is 36.6. The molecule has 3 radical (unpaired) electrons. The topological polar surface area (TPSA) is 366 Å². The van der Waals surface area contributed by atoms with E-state index in [0.717, 1.165) is 12.8 Å². The Morgan fingerprint density at radius 3 is 1.24 bits per heavy atom. The van der Waals surface area contributed by atoms with E-state index in [9.17, 15) is 57.3 Å². The Bertz CT molecular complexity index is 1890. The molecule has 35 heteroatoms. The van der Waals surface area contributed by atoms with Gasteiger partial charge in [0.2, 0.25) is 17.7 Å². The zero-order valence-corrected chi connectivity index (χ0v) is 63.9. The first-order valence-corrected chi connectivity index (χ1v) is 29.0. The third-order valence-electron chi connectivity index (χ3n) is 8.44. The number of aliphatic hydroxyl groups is 1. The van der Waals surface area contributed by atoms with Gasteiger partial charge < -0.3 is 74.9 Å². The molecule has 0 saturated carbocycles. The molecule has 0 aromatic carbocycles. The number of ether oxygens (including phenoxy) is 1. The SMILES string of the molecule is C#C.C=CCOP(=O)(OCCCC(=O)OC(C)(C)C)OCC(N[C-]=O)C(=O)NCCC(C)O.C=CCOP(=O)(OCC[CH2-])OCC(N[C-]=O)C(=O)NCCC(C)C.[CH2-]CCOP(=O)(O)OCC(N[C-]=O)C(=O)NCCC(C)C.[U].[U].[V].[V].[V]. The molecule has 6 amide bonds. The molecule has 0 saturated heterocycles. The van der Waals surface area contributed by atoms with E-state index in [1.807, 2.05) is 27.7 Å². The van der Waals surface area contributed by atoms with Crippen molar-refractivity contribution in [3.05, 3.63) is 39.2 Å². The van der Waals surface area contributed by atoms with Crippen molar-refractivity contribution < 1.29 is 216 Å². The Kier molecular flexibility index (Phi) is 77.1. The van der Waals surface area contributed by atoms with E-state index in [0.29, 0.717) is 44.2 Å². The molecule has 83 heavy (non-hydrogen) atoms. The first-order valence-electron chi connectivity index (χ1n) is 24.6. The van der Waals surface area contributed by atoms with Crippen LogP contribution in [0.3, 0.4) is 0 Å². The molecule has 0 aliphatic carbocycles. The van der Waals surface area contributed by atoms with Gasteiger partial charge in [-0.1, -0.05) is 39.8 Å². The van der Waals surface area contributed by atoms with Crippen LogP contribution in [0.15, 0.2) is 25.3 Å². The summed E-state index contributed by atoms with van der Waals surface area (Å²) in [5, 5.41) is 23.4. The van der Waals surface area contributed by atoms with E-state index in [1.165, 1.54) is 31.4 Å². The predicted molar refractivity (Wildman–Crippen MR) is 290 cm³/mol. The van der Waals surface area contributed by atoms with E-state index < -0.39 is 90.2 Å². The first kappa shape index (κ1) is 101. The molecule has 0 bridgehead atoms. The average Bonchev–Trinajstić information content (AvgIpc) is 3.36. The molecule has 0 aromatic rings. The van der Waals surface area contributed by atoms with Crippen molar-refractivity contribution in [2.45, 2.75) is 130 Å². The number of amides is 6. The molecule has 0 heterocycles. The number of terminal acetylenes is 1. The van der Waals surface area contributed by atoms with Crippen molar-refractivity contribution in [3.8, 4) is 12.8 Å². The monoisotopic (exact) mass is 1800 g/mol. The van der Waals surface area contributed by atoms with Crippen LogP contribution in [0.5, 0.6) is 0 Å². The van der Waals surface area contributed by atoms with Gasteiger partial charge in [-0.2, -0.15) is 32.1 Å². The minimum atomic E-state index is -4.26. The normalized spacial score (nSPS) is 13.8. The van der Waals surface area contributed by atoms with Crippen LogP contribution in [-0.4, -0.2) is 155 Å². The number of nitrogens with one attached hydrogen (secondary N) is 6. The summed E-state index contributed by atoms with van der Waals surface area (Å²) < 4.78 is 81.6. The Balaban J connectivity index is -0.000000138. The molecule has 0 spiro atoms. The minimum Gasteiger partial charge on any atom is -0.520 e. The standard InChI is InChI=1S/C19H34N2O9P.C15H27N2O6P.C12H23N2O6P.C2H2.2U.3V/c1-6-11-27-31(26,28-12-7-8-17(24)30-19(3,4)5)29-13-16(21-14-22)18(25)20-10-9-15(2)23;1-5-9-21-24(20,22-10-6-2)23-11-14(17-12-18)15(19)16-8-7-13(3)4;1-4-7-19-21(17,18)20-8-11(14-9-15)12(16)13-6-5-10(2)3;1-2;;;;;/h6,15-16,23H,1,7-13H2,2-5H3,(H,20,25)(H,21,22);5,13-14H,1-2,6-11H2,3-4H3,(H,16,19)(H,17,18);10-11H,1,4-8H2,2-3H3,(H,13,16)(H,14,15)(H,17,18);1-2H;;;;;/q-1;2*-2;;;;;;. The van der Waals surface area contributed by atoms with E-state index >= 15 is 0 Å². The third-order valence-corrected chi connectivity index (χ3v) is 12.3. The van der Waals surface area contributed by atoms with Gasteiger partial charge >= 0.3 is 29.4 Å². The molecule has 0 rings (SSSR count). The van der Waals surface area contributed by atoms with Crippen molar-refractivity contribution in [2.75, 3.05) is 72.5 Å². The fraction of sp³-hybridized carbons (Fsp3) is 0.688. The number of hydrogen-bond acceptors (Lipinski definition) is 20. The Morgan fingerprint density at radius 1 is 0.590 bits per heavy atom. The van der Waals surface area contributed by atoms with Gasteiger partial charge in [0.25, 0.3) is 0 Å². The summed E-state index contributed by atoms with van der Waals surface area (Å²) in [7, 11) is -12.2. The summed E-state index contributed by atoms with van der Waals surface area (Å²) in [4.78, 5) is 88.6. The molecule has 0 aliphatic rings. The van der Waals surface area contributed by atoms with Gasteiger partial charge in [0.05, 0.1) is 45.7 Å². The van der Waals surface area contributed by atoms with Gasteiger partial charge in [-0.05, 0) is 65.2 Å². The maximum Gasteiger partial charge on any atom is 0.475 e. The maximum absolute atomic E-state index is 12.8. The molecular formula is C48H86N6O21P3U2V3-5. The van der Waals surface area contributed by atoms with Crippen LogP contribution in [0, 0.1) is 101 Å². The second-order valence-electron chi connectivity index (χ2n) is 17.6. The maximum atomic E-state index is 12.8. The number of aliphatic hydroxyl groups excluding tert-OH is 1. The third kappa shape index (κ3) is 64.3. The van der Waals surface area contributed by atoms with Gasteiger partial charge in [-0.15, -0.1) is 26.0 Å². The minimum absolute atomic E-state index is 0.